The van der Waals surface area contributed by atoms with Crippen LogP contribution in [0.15, 0.2) is 6.07 Å². The van der Waals surface area contributed by atoms with Crippen molar-refractivity contribution in [1.29, 1.82) is 0 Å². The fourth-order valence-electron chi connectivity index (χ4n) is 1.71. The van der Waals surface area contributed by atoms with E-state index in [1.54, 1.807) is 0 Å². The van der Waals surface area contributed by atoms with E-state index in [9.17, 15) is 4.79 Å². The Morgan fingerprint density at radius 3 is 3.15 bits per heavy atom. The molecule has 2 rings (SSSR count). The number of carbonyl (C=O) groups is 1. The van der Waals surface area contributed by atoms with Gasteiger partial charge in [0.25, 0.3) is 5.91 Å². The molecule has 0 spiro atoms. The summed E-state index contributed by atoms with van der Waals surface area (Å²) in [6, 6.07) is 1.90. The number of H-pyrrole nitrogens is 1. The summed E-state index contributed by atoms with van der Waals surface area (Å²) in [4.78, 5) is 18.9. The fourth-order valence-corrected chi connectivity index (χ4v) is 1.71. The van der Waals surface area contributed by atoms with E-state index in [4.69, 9.17) is 0 Å². The summed E-state index contributed by atoms with van der Waals surface area (Å²) in [6.45, 7) is 0. The molecule has 1 aromatic rings. The van der Waals surface area contributed by atoms with Gasteiger partial charge in [-0.05, 0) is 30.9 Å². The molecule has 4 nitrogen and oxygen atoms in total. The molecule has 2 N–H and O–H groups in total. The molecule has 1 aliphatic rings. The normalized spacial score (nSPS) is 14.2. The van der Waals surface area contributed by atoms with Gasteiger partial charge in [-0.3, -0.25) is 9.63 Å². The highest BCUT2D eigenvalue weighted by molar-refractivity contribution is 5.92. The first-order valence-electron chi connectivity index (χ1n) is 4.35. The second-order valence-electron chi connectivity index (χ2n) is 3.18. The predicted molar refractivity (Wildman–Crippen MR) is 47.3 cm³/mol. The van der Waals surface area contributed by atoms with Gasteiger partial charge in [0.05, 0.1) is 7.11 Å². The van der Waals surface area contributed by atoms with Crippen molar-refractivity contribution in [2.75, 3.05) is 7.11 Å². The Bertz CT molecular complexity index is 309. The van der Waals surface area contributed by atoms with E-state index in [0.717, 1.165) is 12.8 Å². The van der Waals surface area contributed by atoms with Crippen LogP contribution < -0.4 is 5.48 Å². The van der Waals surface area contributed by atoms with E-state index < -0.39 is 0 Å². The van der Waals surface area contributed by atoms with Crippen molar-refractivity contribution in [2.24, 2.45) is 0 Å². The molecule has 1 aliphatic carbocycles. The maximum Gasteiger partial charge on any atom is 0.291 e. The van der Waals surface area contributed by atoms with Gasteiger partial charge in [-0.1, -0.05) is 0 Å². The SMILES string of the molecule is CONC(=O)c1cc2c([nH]1)CCC2. The van der Waals surface area contributed by atoms with Gasteiger partial charge in [0.2, 0.25) is 0 Å². The first kappa shape index (κ1) is 8.31. The third-order valence-electron chi connectivity index (χ3n) is 2.30. The Kier molecular flexibility index (Phi) is 2.06. The molecule has 1 amide bonds. The summed E-state index contributed by atoms with van der Waals surface area (Å²) in [5.74, 6) is -0.211. The maximum absolute atomic E-state index is 11.3. The Labute approximate surface area is 76.2 Å². The summed E-state index contributed by atoms with van der Waals surface area (Å²) in [6.07, 6.45) is 3.31. The fraction of sp³-hybridized carbons (Fsp3) is 0.444. The predicted octanol–water partition coefficient (Wildman–Crippen LogP) is 0.795. The number of fused-ring (bicyclic) bond motifs is 1. The van der Waals surface area contributed by atoms with E-state index in [0.29, 0.717) is 5.69 Å². The van der Waals surface area contributed by atoms with Crippen LogP contribution in [0.4, 0.5) is 0 Å². The van der Waals surface area contributed by atoms with Gasteiger partial charge in [0, 0.05) is 5.69 Å². The lowest BCUT2D eigenvalue weighted by molar-refractivity contribution is 0.0533. The van der Waals surface area contributed by atoms with E-state index in [2.05, 4.69) is 15.3 Å². The molecular weight excluding hydrogens is 168 g/mol. The molecule has 0 atom stereocenters. The largest absolute Gasteiger partial charge is 0.354 e. The average Bonchev–Trinajstić information content (AvgIpc) is 2.61. The van der Waals surface area contributed by atoms with Crippen LogP contribution in [0.2, 0.25) is 0 Å². The number of hydrogen-bond donors (Lipinski definition) is 2. The second-order valence-corrected chi connectivity index (χ2v) is 3.18. The zero-order chi connectivity index (χ0) is 9.26. The molecule has 1 aromatic heterocycles. The summed E-state index contributed by atoms with van der Waals surface area (Å²) in [7, 11) is 1.43. The number of amides is 1. The van der Waals surface area contributed by atoms with Crippen LogP contribution in [-0.2, 0) is 17.7 Å². The molecule has 1 heterocycles. The third kappa shape index (κ3) is 1.45. The summed E-state index contributed by atoms with van der Waals surface area (Å²) in [5, 5.41) is 0. The molecule has 0 saturated heterocycles. The zero-order valence-electron chi connectivity index (χ0n) is 7.52. The van der Waals surface area contributed by atoms with Crippen LogP contribution in [0.3, 0.4) is 0 Å². The second kappa shape index (κ2) is 3.22. The Morgan fingerprint density at radius 1 is 1.62 bits per heavy atom. The summed E-state index contributed by atoms with van der Waals surface area (Å²) < 4.78 is 0. The highest BCUT2D eigenvalue weighted by Gasteiger charge is 2.17. The Balaban J connectivity index is 2.18. The number of aromatic amines is 1. The number of carbonyl (C=O) groups excluding carboxylic acids is 1. The number of aromatic nitrogens is 1. The van der Waals surface area contributed by atoms with Gasteiger partial charge in [0.1, 0.15) is 5.69 Å². The van der Waals surface area contributed by atoms with Crippen LogP contribution in [0.1, 0.15) is 28.2 Å². The number of hydrogen-bond acceptors (Lipinski definition) is 2. The van der Waals surface area contributed by atoms with Crippen molar-refractivity contribution in [1.82, 2.24) is 10.5 Å². The molecule has 70 valence electrons. The Hall–Kier alpha value is -1.29. The molecule has 0 aromatic carbocycles. The Morgan fingerprint density at radius 2 is 2.46 bits per heavy atom. The lowest BCUT2D eigenvalue weighted by Gasteiger charge is -1.98. The van der Waals surface area contributed by atoms with Gasteiger partial charge >= 0.3 is 0 Å². The van der Waals surface area contributed by atoms with Crippen molar-refractivity contribution < 1.29 is 9.63 Å². The molecule has 4 heteroatoms. The van der Waals surface area contributed by atoms with Crippen LogP contribution in [0.5, 0.6) is 0 Å². The minimum absolute atomic E-state index is 0.211. The smallest absolute Gasteiger partial charge is 0.291 e. The quantitative estimate of drug-likeness (QED) is 0.661. The lowest BCUT2D eigenvalue weighted by Crippen LogP contribution is -2.22. The number of nitrogens with one attached hydrogen (secondary N) is 2. The van der Waals surface area contributed by atoms with Crippen molar-refractivity contribution >= 4 is 5.91 Å². The zero-order valence-corrected chi connectivity index (χ0v) is 7.52. The van der Waals surface area contributed by atoms with Crippen molar-refractivity contribution in [3.63, 3.8) is 0 Å². The van der Waals surface area contributed by atoms with Gasteiger partial charge in [-0.2, -0.15) is 0 Å². The van der Waals surface area contributed by atoms with Crippen LogP contribution in [-0.4, -0.2) is 18.0 Å². The molecule has 0 saturated carbocycles. The van der Waals surface area contributed by atoms with Crippen molar-refractivity contribution in [3.05, 3.63) is 23.0 Å². The van der Waals surface area contributed by atoms with Gasteiger partial charge in [-0.25, -0.2) is 5.48 Å². The first-order chi connectivity index (χ1) is 6.31. The van der Waals surface area contributed by atoms with Crippen molar-refractivity contribution in [2.45, 2.75) is 19.3 Å². The number of aryl methyl sites for hydroxylation is 2. The van der Waals surface area contributed by atoms with Crippen molar-refractivity contribution in [3.8, 4) is 0 Å². The lowest BCUT2D eigenvalue weighted by atomic mass is 10.2. The molecule has 0 bridgehead atoms. The highest BCUT2D eigenvalue weighted by Crippen LogP contribution is 2.21. The standard InChI is InChI=1S/C9H12N2O2/c1-13-11-9(12)8-5-6-3-2-4-7(6)10-8/h5,10H,2-4H2,1H3,(H,11,12). The van der Waals surface area contributed by atoms with Crippen LogP contribution in [0, 0.1) is 0 Å². The van der Waals surface area contributed by atoms with Crippen LogP contribution >= 0.6 is 0 Å². The minimum atomic E-state index is -0.211. The summed E-state index contributed by atoms with van der Waals surface area (Å²) >= 11 is 0. The molecule has 13 heavy (non-hydrogen) atoms. The van der Waals surface area contributed by atoms with Gasteiger partial charge in [-0.15, -0.1) is 0 Å². The third-order valence-corrected chi connectivity index (χ3v) is 2.30. The minimum Gasteiger partial charge on any atom is -0.354 e. The molecular formula is C9H12N2O2. The van der Waals surface area contributed by atoms with Crippen LogP contribution in [0.25, 0.3) is 0 Å². The number of hydroxylamine groups is 1. The van der Waals surface area contributed by atoms with Gasteiger partial charge < -0.3 is 4.98 Å². The highest BCUT2D eigenvalue weighted by atomic mass is 16.6. The maximum atomic E-state index is 11.3. The number of rotatable bonds is 2. The van der Waals surface area contributed by atoms with E-state index in [1.807, 2.05) is 6.07 Å². The van der Waals surface area contributed by atoms with E-state index >= 15 is 0 Å². The summed E-state index contributed by atoms with van der Waals surface area (Å²) in [5.41, 5.74) is 5.33. The monoisotopic (exact) mass is 180 g/mol. The van der Waals surface area contributed by atoms with E-state index in [1.165, 1.54) is 24.8 Å². The van der Waals surface area contributed by atoms with Gasteiger partial charge in [0.15, 0.2) is 0 Å². The first-order valence-corrected chi connectivity index (χ1v) is 4.35. The van der Waals surface area contributed by atoms with E-state index in [-0.39, 0.29) is 5.91 Å². The topological polar surface area (TPSA) is 54.1 Å². The molecule has 0 aliphatic heterocycles. The molecule has 0 radical (unpaired) electrons. The molecule has 0 unspecified atom stereocenters. The average molecular weight is 180 g/mol. The molecule has 0 fully saturated rings.